The van der Waals surface area contributed by atoms with E-state index in [1.54, 1.807) is 0 Å². The molecule has 1 aliphatic rings. The van der Waals surface area contributed by atoms with E-state index in [2.05, 4.69) is 42.3 Å². The first-order valence-corrected chi connectivity index (χ1v) is 5.42. The maximum Gasteiger partial charge on any atom is 0.292 e. The second-order valence-electron chi connectivity index (χ2n) is 4.53. The largest absolute Gasteiger partial charge is 0.295 e. The molecule has 0 aliphatic carbocycles. The molecule has 0 unspecified atom stereocenters. The molecule has 0 aromatic carbocycles. The Labute approximate surface area is 87.5 Å². The predicted molar refractivity (Wildman–Crippen MR) is 58.9 cm³/mol. The van der Waals surface area contributed by atoms with Crippen molar-refractivity contribution >= 4 is 0 Å². The van der Waals surface area contributed by atoms with Crippen molar-refractivity contribution in [1.29, 1.82) is 0 Å². The van der Waals surface area contributed by atoms with Crippen LogP contribution >= 0.6 is 0 Å². The topological polar surface area (TPSA) is 10.8 Å². The minimum absolute atomic E-state index is 0.0612. The summed E-state index contributed by atoms with van der Waals surface area (Å²) < 4.78 is 0. The van der Waals surface area contributed by atoms with Crippen molar-refractivity contribution in [2.24, 2.45) is 0 Å². The van der Waals surface area contributed by atoms with Crippen LogP contribution in [0.4, 0.5) is 0 Å². The van der Waals surface area contributed by atoms with Gasteiger partial charge in [-0.1, -0.05) is 0 Å². The van der Waals surface area contributed by atoms with Crippen LogP contribution < -0.4 is 0 Å². The van der Waals surface area contributed by atoms with Crippen LogP contribution in [-0.4, -0.2) is 47.7 Å². The first kappa shape index (κ1) is 11.5. The maximum atomic E-state index is 7.21. The molecule has 1 atom stereocenters. The lowest BCUT2D eigenvalue weighted by molar-refractivity contribution is 0.0559. The number of piperazine rings is 1. The highest BCUT2D eigenvalue weighted by atomic mass is 15.3. The fourth-order valence-corrected chi connectivity index (χ4v) is 1.99. The minimum atomic E-state index is 0.0612. The lowest BCUT2D eigenvalue weighted by atomic mass is 10.2. The molecular weight excluding hydrogens is 174 g/mol. The summed E-state index contributed by atoms with van der Waals surface area (Å²) in [5, 5.41) is 0. The molecule has 3 nitrogen and oxygen atoms in total. The molecule has 0 N–H and O–H groups in total. The van der Waals surface area contributed by atoms with Crippen LogP contribution in [0, 0.1) is 6.57 Å². The van der Waals surface area contributed by atoms with Crippen molar-refractivity contribution in [3.8, 4) is 0 Å². The Morgan fingerprint density at radius 3 is 2.21 bits per heavy atom. The third-order valence-corrected chi connectivity index (χ3v) is 2.97. The molecule has 1 saturated heterocycles. The Hall–Kier alpha value is -0.590. The monoisotopic (exact) mass is 195 g/mol. The van der Waals surface area contributed by atoms with Crippen molar-refractivity contribution in [1.82, 2.24) is 9.80 Å². The third kappa shape index (κ3) is 2.46. The Balaban J connectivity index is 2.60. The van der Waals surface area contributed by atoms with E-state index in [9.17, 15) is 0 Å². The van der Waals surface area contributed by atoms with Gasteiger partial charge in [-0.2, -0.15) is 0 Å². The summed E-state index contributed by atoms with van der Waals surface area (Å²) in [5.41, 5.74) is 0. The zero-order valence-corrected chi connectivity index (χ0v) is 9.70. The fourth-order valence-electron chi connectivity index (χ4n) is 1.99. The van der Waals surface area contributed by atoms with Gasteiger partial charge >= 0.3 is 0 Å². The standard InChI is InChI=1S/C11H21N3/c1-9(2)13-6-7-14(10(3)4)11(8-13)12-5/h9-11H,6-8H2,1-4H3/t11-/m1/s1. The lowest BCUT2D eigenvalue weighted by Gasteiger charge is -2.38. The van der Waals surface area contributed by atoms with Gasteiger partial charge in [0.15, 0.2) is 0 Å². The molecule has 80 valence electrons. The highest BCUT2D eigenvalue weighted by Gasteiger charge is 2.33. The van der Waals surface area contributed by atoms with E-state index in [1.807, 2.05) is 0 Å². The first-order chi connectivity index (χ1) is 6.56. The molecule has 3 heteroatoms. The van der Waals surface area contributed by atoms with Crippen molar-refractivity contribution in [2.75, 3.05) is 19.6 Å². The first-order valence-electron chi connectivity index (χ1n) is 5.42. The molecule has 0 spiro atoms. The summed E-state index contributed by atoms with van der Waals surface area (Å²) in [5.74, 6) is 0. The highest BCUT2D eigenvalue weighted by Crippen LogP contribution is 2.15. The summed E-state index contributed by atoms with van der Waals surface area (Å²) in [4.78, 5) is 8.41. The third-order valence-electron chi connectivity index (χ3n) is 2.97. The van der Waals surface area contributed by atoms with E-state index in [-0.39, 0.29) is 6.17 Å². The molecule has 1 fully saturated rings. The Kier molecular flexibility index (Phi) is 3.91. The average Bonchev–Trinajstić information content (AvgIpc) is 2.16. The molecule has 0 aromatic heterocycles. The van der Waals surface area contributed by atoms with Crippen LogP contribution in [0.25, 0.3) is 4.85 Å². The van der Waals surface area contributed by atoms with E-state index >= 15 is 0 Å². The van der Waals surface area contributed by atoms with Crippen molar-refractivity contribution in [3.63, 3.8) is 0 Å². The summed E-state index contributed by atoms with van der Waals surface area (Å²) in [6.07, 6.45) is 0.0612. The molecular formula is C11H21N3. The van der Waals surface area contributed by atoms with Gasteiger partial charge in [0.25, 0.3) is 6.17 Å². The van der Waals surface area contributed by atoms with E-state index in [0.29, 0.717) is 12.1 Å². The fraction of sp³-hybridized carbons (Fsp3) is 0.909. The summed E-state index contributed by atoms with van der Waals surface area (Å²) in [6.45, 7) is 19.0. The number of hydrogen-bond donors (Lipinski definition) is 0. The van der Waals surface area contributed by atoms with Crippen LogP contribution in [0.15, 0.2) is 0 Å². The van der Waals surface area contributed by atoms with Crippen molar-refractivity contribution in [2.45, 2.75) is 45.9 Å². The molecule has 1 rings (SSSR count). The zero-order chi connectivity index (χ0) is 10.7. The molecule has 0 bridgehead atoms. The lowest BCUT2D eigenvalue weighted by Crippen LogP contribution is -2.55. The Bertz CT molecular complexity index is 217. The SMILES string of the molecule is [C-]#[N+][C@H]1CN(C(C)C)CCN1C(C)C. The molecule has 0 amide bonds. The minimum Gasteiger partial charge on any atom is -0.295 e. The van der Waals surface area contributed by atoms with Gasteiger partial charge in [-0.3, -0.25) is 9.74 Å². The number of hydrogen-bond acceptors (Lipinski definition) is 2. The zero-order valence-electron chi connectivity index (χ0n) is 9.70. The van der Waals surface area contributed by atoms with Gasteiger partial charge in [0, 0.05) is 25.2 Å². The predicted octanol–water partition coefficient (Wildman–Crippen LogP) is 1.67. The Morgan fingerprint density at radius 2 is 1.79 bits per heavy atom. The van der Waals surface area contributed by atoms with Crippen LogP contribution in [0.2, 0.25) is 0 Å². The summed E-state index contributed by atoms with van der Waals surface area (Å²) in [7, 11) is 0. The summed E-state index contributed by atoms with van der Waals surface area (Å²) >= 11 is 0. The normalized spacial score (nSPS) is 25.6. The summed E-state index contributed by atoms with van der Waals surface area (Å²) in [6, 6.07) is 1.05. The molecule has 0 aromatic rings. The second kappa shape index (κ2) is 4.77. The second-order valence-corrected chi connectivity index (χ2v) is 4.53. The van der Waals surface area contributed by atoms with E-state index in [1.165, 1.54) is 0 Å². The van der Waals surface area contributed by atoms with Gasteiger partial charge in [0.2, 0.25) is 0 Å². The Morgan fingerprint density at radius 1 is 1.14 bits per heavy atom. The van der Waals surface area contributed by atoms with Crippen molar-refractivity contribution in [3.05, 3.63) is 11.4 Å². The smallest absolute Gasteiger partial charge is 0.292 e. The number of rotatable bonds is 2. The molecule has 0 saturated carbocycles. The number of nitrogens with zero attached hydrogens (tertiary/aromatic N) is 3. The van der Waals surface area contributed by atoms with Crippen LogP contribution in [0.5, 0.6) is 0 Å². The highest BCUT2D eigenvalue weighted by molar-refractivity contribution is 4.90. The van der Waals surface area contributed by atoms with Gasteiger partial charge in [0.05, 0.1) is 6.54 Å². The van der Waals surface area contributed by atoms with Crippen LogP contribution in [0.3, 0.4) is 0 Å². The van der Waals surface area contributed by atoms with Crippen LogP contribution in [-0.2, 0) is 0 Å². The molecule has 1 aliphatic heterocycles. The molecule has 14 heavy (non-hydrogen) atoms. The van der Waals surface area contributed by atoms with Gasteiger partial charge in [-0.25, -0.2) is 11.5 Å². The molecule has 1 heterocycles. The average molecular weight is 195 g/mol. The van der Waals surface area contributed by atoms with Gasteiger partial charge < -0.3 is 0 Å². The van der Waals surface area contributed by atoms with Crippen molar-refractivity contribution < 1.29 is 0 Å². The van der Waals surface area contributed by atoms with Gasteiger partial charge in [-0.05, 0) is 27.7 Å². The van der Waals surface area contributed by atoms with E-state index in [4.69, 9.17) is 6.57 Å². The van der Waals surface area contributed by atoms with E-state index < -0.39 is 0 Å². The van der Waals surface area contributed by atoms with E-state index in [0.717, 1.165) is 19.6 Å². The van der Waals surface area contributed by atoms with Gasteiger partial charge in [-0.15, -0.1) is 0 Å². The quantitative estimate of drug-likeness (QED) is 0.621. The van der Waals surface area contributed by atoms with Crippen LogP contribution in [0.1, 0.15) is 27.7 Å². The van der Waals surface area contributed by atoms with Gasteiger partial charge in [0.1, 0.15) is 0 Å². The molecule has 0 radical (unpaired) electrons. The maximum absolute atomic E-state index is 7.21.